The molecular formula is C13H22IN3. The molecule has 0 saturated heterocycles. The molecule has 1 aromatic rings. The van der Waals surface area contributed by atoms with Crippen LogP contribution in [0.1, 0.15) is 52.0 Å². The van der Waals surface area contributed by atoms with Gasteiger partial charge in [-0.25, -0.2) is 4.68 Å². The van der Waals surface area contributed by atoms with Gasteiger partial charge in [0.05, 0.1) is 15.8 Å². The Hall–Kier alpha value is -0.260. The Morgan fingerprint density at radius 1 is 1.53 bits per heavy atom. The van der Waals surface area contributed by atoms with Gasteiger partial charge in [0.1, 0.15) is 5.82 Å². The molecule has 0 amide bonds. The van der Waals surface area contributed by atoms with Crippen molar-refractivity contribution in [2.24, 2.45) is 11.8 Å². The highest BCUT2D eigenvalue weighted by atomic mass is 127. The molecule has 1 aliphatic carbocycles. The highest BCUT2D eigenvalue weighted by molar-refractivity contribution is 14.1. The molecule has 1 heterocycles. The lowest BCUT2D eigenvalue weighted by atomic mass is 9.81. The van der Waals surface area contributed by atoms with E-state index in [-0.39, 0.29) is 0 Å². The van der Waals surface area contributed by atoms with E-state index >= 15 is 0 Å². The molecule has 3 nitrogen and oxygen atoms in total. The number of nitrogen functional groups attached to an aromatic ring is 1. The molecule has 0 radical (unpaired) electrons. The lowest BCUT2D eigenvalue weighted by Crippen LogP contribution is -2.22. The molecule has 0 bridgehead atoms. The predicted molar refractivity (Wildman–Crippen MR) is 79.8 cm³/mol. The zero-order valence-electron chi connectivity index (χ0n) is 10.7. The molecular weight excluding hydrogens is 325 g/mol. The van der Waals surface area contributed by atoms with Crippen LogP contribution in [0.5, 0.6) is 0 Å². The second kappa shape index (κ2) is 5.59. The van der Waals surface area contributed by atoms with Crippen molar-refractivity contribution in [3.05, 3.63) is 9.77 Å². The van der Waals surface area contributed by atoms with E-state index in [1.165, 1.54) is 32.1 Å². The maximum absolute atomic E-state index is 6.07. The Morgan fingerprint density at radius 2 is 2.29 bits per heavy atom. The molecule has 2 N–H and O–H groups in total. The zero-order chi connectivity index (χ0) is 12.4. The zero-order valence-corrected chi connectivity index (χ0v) is 12.9. The molecule has 1 aromatic heterocycles. The molecule has 2 atom stereocenters. The number of anilines is 1. The van der Waals surface area contributed by atoms with Gasteiger partial charge in [-0.1, -0.05) is 26.7 Å². The van der Waals surface area contributed by atoms with E-state index in [1.54, 1.807) is 0 Å². The normalized spacial score (nSPS) is 25.4. The summed E-state index contributed by atoms with van der Waals surface area (Å²) in [5.41, 5.74) is 6.07. The third-order valence-electron chi connectivity index (χ3n) is 3.69. The highest BCUT2D eigenvalue weighted by Crippen LogP contribution is 2.37. The fourth-order valence-corrected chi connectivity index (χ4v) is 3.38. The van der Waals surface area contributed by atoms with Crippen LogP contribution in [-0.2, 0) is 0 Å². The van der Waals surface area contributed by atoms with Gasteiger partial charge in [-0.3, -0.25) is 0 Å². The van der Waals surface area contributed by atoms with Crippen molar-refractivity contribution < 1.29 is 0 Å². The number of aromatic nitrogens is 2. The topological polar surface area (TPSA) is 43.8 Å². The first-order valence-electron chi connectivity index (χ1n) is 6.56. The summed E-state index contributed by atoms with van der Waals surface area (Å²) >= 11 is 2.26. The van der Waals surface area contributed by atoms with Gasteiger partial charge in [0.15, 0.2) is 0 Å². The van der Waals surface area contributed by atoms with Crippen molar-refractivity contribution in [3.8, 4) is 0 Å². The third kappa shape index (κ3) is 3.14. The maximum atomic E-state index is 6.07. The van der Waals surface area contributed by atoms with Gasteiger partial charge in [0.25, 0.3) is 0 Å². The monoisotopic (exact) mass is 347 g/mol. The summed E-state index contributed by atoms with van der Waals surface area (Å²) < 4.78 is 3.13. The first-order chi connectivity index (χ1) is 8.08. The second-order valence-electron chi connectivity index (χ2n) is 5.64. The SMILES string of the molecule is CC(C)CC1CCCC(n2ncc(I)c2N)C1. The molecule has 96 valence electrons. The van der Waals surface area contributed by atoms with Gasteiger partial charge in [0.2, 0.25) is 0 Å². The molecule has 2 rings (SSSR count). The number of nitrogens with two attached hydrogens (primary N) is 1. The molecule has 0 spiro atoms. The first kappa shape index (κ1) is 13.2. The van der Waals surface area contributed by atoms with Crippen LogP contribution in [0.15, 0.2) is 6.20 Å². The Labute approximate surface area is 117 Å². The van der Waals surface area contributed by atoms with Crippen LogP contribution < -0.4 is 5.73 Å². The van der Waals surface area contributed by atoms with Crippen molar-refractivity contribution in [2.45, 2.75) is 52.0 Å². The van der Waals surface area contributed by atoms with Crippen LogP contribution in [0.3, 0.4) is 0 Å². The summed E-state index contributed by atoms with van der Waals surface area (Å²) in [6, 6.07) is 0.524. The van der Waals surface area contributed by atoms with Crippen molar-refractivity contribution in [2.75, 3.05) is 5.73 Å². The van der Waals surface area contributed by atoms with Gasteiger partial charge >= 0.3 is 0 Å². The van der Waals surface area contributed by atoms with Gasteiger partial charge in [0, 0.05) is 0 Å². The summed E-state index contributed by atoms with van der Waals surface area (Å²) in [4.78, 5) is 0. The minimum atomic E-state index is 0.524. The van der Waals surface area contributed by atoms with Gasteiger partial charge in [-0.15, -0.1) is 0 Å². The molecule has 1 aliphatic rings. The second-order valence-corrected chi connectivity index (χ2v) is 6.80. The van der Waals surface area contributed by atoms with Crippen LogP contribution in [0.2, 0.25) is 0 Å². The lowest BCUT2D eigenvalue weighted by molar-refractivity contribution is 0.228. The van der Waals surface area contributed by atoms with Crippen LogP contribution in [0, 0.1) is 15.4 Å². The standard InChI is InChI=1S/C13H22IN3/c1-9(2)6-10-4-3-5-11(7-10)17-13(15)12(14)8-16-17/h8-11H,3-7,15H2,1-2H3. The number of halogens is 1. The van der Waals surface area contributed by atoms with E-state index in [0.29, 0.717) is 6.04 Å². The van der Waals surface area contributed by atoms with E-state index in [4.69, 9.17) is 5.73 Å². The van der Waals surface area contributed by atoms with E-state index in [9.17, 15) is 0 Å². The van der Waals surface area contributed by atoms with Crippen LogP contribution in [0.25, 0.3) is 0 Å². The Kier molecular flexibility index (Phi) is 4.33. The maximum Gasteiger partial charge on any atom is 0.135 e. The summed E-state index contributed by atoms with van der Waals surface area (Å²) in [6.45, 7) is 4.63. The quantitative estimate of drug-likeness (QED) is 0.844. The Morgan fingerprint density at radius 3 is 2.88 bits per heavy atom. The Bertz CT molecular complexity index is 373. The molecule has 1 saturated carbocycles. The van der Waals surface area contributed by atoms with Crippen LogP contribution in [0.4, 0.5) is 5.82 Å². The minimum absolute atomic E-state index is 0.524. The lowest BCUT2D eigenvalue weighted by Gasteiger charge is -2.30. The smallest absolute Gasteiger partial charge is 0.135 e. The molecule has 0 aromatic carbocycles. The number of hydrogen-bond acceptors (Lipinski definition) is 2. The minimum Gasteiger partial charge on any atom is -0.383 e. The number of hydrogen-bond donors (Lipinski definition) is 1. The average Bonchev–Trinajstić information content (AvgIpc) is 2.59. The summed E-state index contributed by atoms with van der Waals surface area (Å²) in [7, 11) is 0. The molecule has 2 unspecified atom stereocenters. The third-order valence-corrected chi connectivity index (χ3v) is 4.52. The van der Waals surface area contributed by atoms with E-state index in [2.05, 4.69) is 41.5 Å². The van der Waals surface area contributed by atoms with Gasteiger partial charge in [-0.2, -0.15) is 5.10 Å². The highest BCUT2D eigenvalue weighted by Gasteiger charge is 2.25. The van der Waals surface area contributed by atoms with Crippen LogP contribution in [-0.4, -0.2) is 9.78 Å². The van der Waals surface area contributed by atoms with Crippen molar-refractivity contribution in [1.82, 2.24) is 9.78 Å². The summed E-state index contributed by atoms with van der Waals surface area (Å²) in [5.74, 6) is 2.50. The fraction of sp³-hybridized carbons (Fsp3) is 0.769. The number of rotatable bonds is 3. The largest absolute Gasteiger partial charge is 0.383 e. The predicted octanol–water partition coefficient (Wildman–Crippen LogP) is 3.85. The molecule has 0 aliphatic heterocycles. The fourth-order valence-electron chi connectivity index (χ4n) is 3.01. The Balaban J connectivity index is 2.04. The van der Waals surface area contributed by atoms with E-state index < -0.39 is 0 Å². The average molecular weight is 347 g/mol. The van der Waals surface area contributed by atoms with Gasteiger partial charge in [-0.05, 0) is 53.7 Å². The molecule has 1 fully saturated rings. The molecule has 4 heteroatoms. The van der Waals surface area contributed by atoms with Gasteiger partial charge < -0.3 is 5.73 Å². The van der Waals surface area contributed by atoms with Crippen molar-refractivity contribution in [3.63, 3.8) is 0 Å². The van der Waals surface area contributed by atoms with E-state index in [1.807, 2.05) is 10.9 Å². The van der Waals surface area contributed by atoms with Crippen molar-refractivity contribution >= 4 is 28.4 Å². The van der Waals surface area contributed by atoms with E-state index in [0.717, 1.165) is 21.2 Å². The molecule has 17 heavy (non-hydrogen) atoms. The summed E-state index contributed by atoms with van der Waals surface area (Å²) in [6.07, 6.45) is 8.40. The first-order valence-corrected chi connectivity index (χ1v) is 7.64. The van der Waals surface area contributed by atoms with Crippen LogP contribution >= 0.6 is 22.6 Å². The number of nitrogens with zero attached hydrogens (tertiary/aromatic N) is 2. The van der Waals surface area contributed by atoms with Crippen molar-refractivity contribution in [1.29, 1.82) is 0 Å². The summed E-state index contributed by atoms with van der Waals surface area (Å²) in [5, 5.41) is 4.44.